The Balaban J connectivity index is 1.42. The number of piperazine rings is 1. The minimum atomic E-state index is 0.0588. The monoisotopic (exact) mass is 418 g/mol. The molecule has 1 unspecified atom stereocenters. The topological polar surface area (TPSA) is 67.8 Å². The van der Waals surface area contributed by atoms with E-state index in [1.54, 1.807) is 7.11 Å². The summed E-state index contributed by atoms with van der Waals surface area (Å²) in [6, 6.07) is 17.0. The van der Waals surface area contributed by atoms with Gasteiger partial charge in [-0.1, -0.05) is 17.7 Å². The average Bonchev–Trinajstić information content (AvgIpc) is 2.80. The Morgan fingerprint density at radius 2 is 1.71 bits per heavy atom. The number of aryl methyl sites for hydroxylation is 1. The summed E-state index contributed by atoms with van der Waals surface area (Å²) >= 11 is 0. The fraction of sp³-hybridized carbons (Fsp3) is 0.292. The van der Waals surface area contributed by atoms with E-state index in [9.17, 15) is 4.79 Å². The summed E-state index contributed by atoms with van der Waals surface area (Å²) in [4.78, 5) is 25.6. The highest BCUT2D eigenvalue weighted by molar-refractivity contribution is 5.94. The van der Waals surface area contributed by atoms with Crippen molar-refractivity contribution in [3.8, 4) is 17.4 Å². The largest absolute Gasteiger partial charge is 0.497 e. The number of anilines is 1. The zero-order chi connectivity index (χ0) is 21.8. The molecular weight excluding hydrogens is 392 g/mol. The van der Waals surface area contributed by atoms with Crippen LogP contribution in [-0.2, 0) is 0 Å². The number of carbonyl (C=O) groups excluding carboxylic acids is 1. The molecule has 2 aromatic carbocycles. The van der Waals surface area contributed by atoms with Crippen LogP contribution in [0.1, 0.15) is 22.8 Å². The van der Waals surface area contributed by atoms with E-state index in [0.29, 0.717) is 31.3 Å². The highest BCUT2D eigenvalue weighted by Gasteiger charge is 2.29. The van der Waals surface area contributed by atoms with Gasteiger partial charge in [-0.2, -0.15) is 0 Å². The third-order valence-electron chi connectivity index (χ3n) is 5.42. The predicted molar refractivity (Wildman–Crippen MR) is 119 cm³/mol. The molecule has 4 rings (SSSR count). The lowest BCUT2D eigenvalue weighted by Gasteiger charge is -2.40. The molecule has 0 saturated carbocycles. The summed E-state index contributed by atoms with van der Waals surface area (Å²) in [6.07, 6.45) is 1.50. The number of hydrogen-bond acceptors (Lipinski definition) is 6. The highest BCUT2D eigenvalue weighted by atomic mass is 16.5. The van der Waals surface area contributed by atoms with E-state index in [-0.39, 0.29) is 11.9 Å². The molecular formula is C24H26N4O3. The van der Waals surface area contributed by atoms with Gasteiger partial charge in [-0.25, -0.2) is 9.97 Å². The highest BCUT2D eigenvalue weighted by Crippen LogP contribution is 2.25. The zero-order valence-corrected chi connectivity index (χ0v) is 18.0. The van der Waals surface area contributed by atoms with Gasteiger partial charge < -0.3 is 19.3 Å². The van der Waals surface area contributed by atoms with Gasteiger partial charge >= 0.3 is 0 Å². The Morgan fingerprint density at radius 1 is 1.00 bits per heavy atom. The lowest BCUT2D eigenvalue weighted by Crippen LogP contribution is -2.54. The second kappa shape index (κ2) is 9.04. The predicted octanol–water partition coefficient (Wildman–Crippen LogP) is 3.94. The second-order valence-electron chi connectivity index (χ2n) is 7.65. The van der Waals surface area contributed by atoms with Crippen LogP contribution in [0.5, 0.6) is 17.4 Å². The molecule has 0 bridgehead atoms. The van der Waals surface area contributed by atoms with Crippen molar-refractivity contribution >= 4 is 11.7 Å². The Hall–Kier alpha value is -3.61. The lowest BCUT2D eigenvalue weighted by atomic mass is 10.1. The van der Waals surface area contributed by atoms with E-state index in [1.165, 1.54) is 6.33 Å². The number of rotatable bonds is 5. The number of methoxy groups -OCH3 is 1. The van der Waals surface area contributed by atoms with Crippen molar-refractivity contribution in [3.05, 3.63) is 72.1 Å². The van der Waals surface area contributed by atoms with Gasteiger partial charge in [0.15, 0.2) is 0 Å². The SMILES string of the molecule is COc1ccc(Oc2cc(N3CCN(C(=O)c4ccc(C)cc4)C(C)C3)ncn2)cc1. The molecule has 1 aliphatic rings. The summed E-state index contributed by atoms with van der Waals surface area (Å²) < 4.78 is 11.0. The zero-order valence-electron chi connectivity index (χ0n) is 18.0. The molecule has 7 nitrogen and oxygen atoms in total. The van der Waals surface area contributed by atoms with Crippen molar-refractivity contribution in [3.63, 3.8) is 0 Å². The van der Waals surface area contributed by atoms with E-state index in [2.05, 4.69) is 21.8 Å². The first-order valence-electron chi connectivity index (χ1n) is 10.3. The van der Waals surface area contributed by atoms with Crippen molar-refractivity contribution < 1.29 is 14.3 Å². The Bertz CT molecular complexity index is 1040. The number of benzene rings is 2. The van der Waals surface area contributed by atoms with Crippen molar-refractivity contribution in [1.82, 2.24) is 14.9 Å². The number of ether oxygens (including phenoxy) is 2. The second-order valence-corrected chi connectivity index (χ2v) is 7.65. The van der Waals surface area contributed by atoms with Crippen LogP contribution in [0.25, 0.3) is 0 Å². The standard InChI is InChI=1S/C24H26N4O3/c1-17-4-6-19(7-5-17)24(29)28-13-12-27(15-18(28)2)22-14-23(26-16-25-22)31-21-10-8-20(30-3)9-11-21/h4-11,14,16,18H,12-13,15H2,1-3H3. The summed E-state index contributed by atoms with van der Waals surface area (Å²) in [5.41, 5.74) is 1.87. The Morgan fingerprint density at radius 3 is 2.39 bits per heavy atom. The van der Waals surface area contributed by atoms with Crippen LogP contribution >= 0.6 is 0 Å². The first-order valence-corrected chi connectivity index (χ1v) is 10.3. The summed E-state index contributed by atoms with van der Waals surface area (Å²) in [5, 5.41) is 0. The van der Waals surface area contributed by atoms with Crippen LogP contribution in [-0.4, -0.2) is 53.6 Å². The molecule has 3 aromatic rings. The summed E-state index contributed by atoms with van der Waals surface area (Å²) in [7, 11) is 1.63. The molecule has 0 aliphatic carbocycles. The van der Waals surface area contributed by atoms with Crippen LogP contribution in [0, 0.1) is 6.92 Å². The van der Waals surface area contributed by atoms with E-state index in [0.717, 1.165) is 22.7 Å². The van der Waals surface area contributed by atoms with Crippen molar-refractivity contribution in [2.45, 2.75) is 19.9 Å². The van der Waals surface area contributed by atoms with Gasteiger partial charge in [-0.15, -0.1) is 0 Å². The van der Waals surface area contributed by atoms with Crippen LogP contribution in [0.4, 0.5) is 5.82 Å². The van der Waals surface area contributed by atoms with E-state index in [1.807, 2.05) is 66.4 Å². The quantitative estimate of drug-likeness (QED) is 0.625. The van der Waals surface area contributed by atoms with E-state index < -0.39 is 0 Å². The summed E-state index contributed by atoms with van der Waals surface area (Å²) in [6.45, 7) is 6.10. The molecule has 7 heteroatoms. The molecule has 2 heterocycles. The molecule has 0 spiro atoms. The maximum atomic E-state index is 12.9. The number of hydrogen-bond donors (Lipinski definition) is 0. The number of aromatic nitrogens is 2. The molecule has 1 aromatic heterocycles. The number of carbonyl (C=O) groups is 1. The minimum absolute atomic E-state index is 0.0588. The van der Waals surface area contributed by atoms with E-state index >= 15 is 0 Å². The first-order chi connectivity index (χ1) is 15.0. The smallest absolute Gasteiger partial charge is 0.254 e. The third-order valence-corrected chi connectivity index (χ3v) is 5.42. The first kappa shape index (κ1) is 20.7. The maximum Gasteiger partial charge on any atom is 0.254 e. The number of amides is 1. The number of nitrogens with zero attached hydrogens (tertiary/aromatic N) is 4. The van der Waals surface area contributed by atoms with Crippen LogP contribution in [0.3, 0.4) is 0 Å². The van der Waals surface area contributed by atoms with Gasteiger partial charge in [0.05, 0.1) is 7.11 Å². The van der Waals surface area contributed by atoms with Gasteiger partial charge in [0.2, 0.25) is 5.88 Å². The fourth-order valence-corrected chi connectivity index (χ4v) is 3.65. The molecule has 1 amide bonds. The Kier molecular flexibility index (Phi) is 6.02. The molecule has 0 N–H and O–H groups in total. The fourth-order valence-electron chi connectivity index (χ4n) is 3.65. The van der Waals surface area contributed by atoms with E-state index in [4.69, 9.17) is 9.47 Å². The van der Waals surface area contributed by atoms with Crippen LogP contribution < -0.4 is 14.4 Å². The van der Waals surface area contributed by atoms with Gasteiger partial charge in [0.1, 0.15) is 23.6 Å². The van der Waals surface area contributed by atoms with Crippen molar-refractivity contribution in [1.29, 1.82) is 0 Å². The van der Waals surface area contributed by atoms with Gasteiger partial charge in [0, 0.05) is 37.3 Å². The Labute approximate surface area is 182 Å². The van der Waals surface area contributed by atoms with Gasteiger partial charge in [-0.05, 0) is 50.2 Å². The van der Waals surface area contributed by atoms with Crippen LogP contribution in [0.2, 0.25) is 0 Å². The lowest BCUT2D eigenvalue weighted by molar-refractivity contribution is 0.0673. The molecule has 1 fully saturated rings. The van der Waals surface area contributed by atoms with Gasteiger partial charge in [-0.3, -0.25) is 4.79 Å². The molecule has 31 heavy (non-hydrogen) atoms. The third kappa shape index (κ3) is 4.77. The van der Waals surface area contributed by atoms with Gasteiger partial charge in [0.25, 0.3) is 5.91 Å². The molecule has 1 saturated heterocycles. The molecule has 160 valence electrons. The molecule has 0 radical (unpaired) electrons. The average molecular weight is 418 g/mol. The molecule has 1 atom stereocenters. The maximum absolute atomic E-state index is 12.9. The molecule has 1 aliphatic heterocycles. The van der Waals surface area contributed by atoms with Crippen LogP contribution in [0.15, 0.2) is 60.9 Å². The van der Waals surface area contributed by atoms with Crippen molar-refractivity contribution in [2.24, 2.45) is 0 Å². The minimum Gasteiger partial charge on any atom is -0.497 e. The summed E-state index contributed by atoms with van der Waals surface area (Å²) in [5.74, 6) is 2.77. The normalized spacial score (nSPS) is 16.2. The van der Waals surface area contributed by atoms with Crippen molar-refractivity contribution in [2.75, 3.05) is 31.6 Å².